The van der Waals surface area contributed by atoms with Gasteiger partial charge in [-0.3, -0.25) is 9.59 Å². The fourth-order valence-corrected chi connectivity index (χ4v) is 3.09. The number of para-hydroxylation sites is 1. The third-order valence-corrected chi connectivity index (χ3v) is 4.98. The van der Waals surface area contributed by atoms with Gasteiger partial charge in [-0.1, -0.05) is 23.7 Å². The van der Waals surface area contributed by atoms with Gasteiger partial charge < -0.3 is 14.5 Å². The van der Waals surface area contributed by atoms with Crippen molar-refractivity contribution in [2.45, 2.75) is 0 Å². The van der Waals surface area contributed by atoms with E-state index >= 15 is 0 Å². The number of benzene rings is 3. The van der Waals surface area contributed by atoms with Gasteiger partial charge in [-0.15, -0.1) is 0 Å². The van der Waals surface area contributed by atoms with Gasteiger partial charge in [0.1, 0.15) is 5.75 Å². The van der Waals surface area contributed by atoms with Crippen LogP contribution in [0.25, 0.3) is 0 Å². The number of carbonyl (C=O) groups is 3. The molecule has 1 heterocycles. The molecule has 174 valence electrons. The fraction of sp³-hybridized carbons (Fsp3) is 0. The minimum atomic E-state index is -0.650. The van der Waals surface area contributed by atoms with Crippen molar-refractivity contribution in [2.75, 3.05) is 5.32 Å². The van der Waals surface area contributed by atoms with Crippen LogP contribution >= 0.6 is 11.6 Å². The van der Waals surface area contributed by atoms with E-state index in [9.17, 15) is 14.4 Å². The second kappa shape index (κ2) is 11.0. The number of nitrogens with one attached hydrogen (secondary N) is 2. The number of hydrazone groups is 1. The predicted octanol–water partition coefficient (Wildman–Crippen LogP) is 5.17. The van der Waals surface area contributed by atoms with Gasteiger partial charge in [0.15, 0.2) is 0 Å². The zero-order valence-corrected chi connectivity index (χ0v) is 18.9. The van der Waals surface area contributed by atoms with Crippen molar-refractivity contribution in [3.05, 3.63) is 119 Å². The van der Waals surface area contributed by atoms with Crippen LogP contribution in [0.3, 0.4) is 0 Å². The van der Waals surface area contributed by atoms with E-state index in [2.05, 4.69) is 15.8 Å². The molecule has 9 heteroatoms. The van der Waals surface area contributed by atoms with Gasteiger partial charge in [0.05, 0.1) is 12.5 Å². The molecule has 0 aliphatic carbocycles. The topological polar surface area (TPSA) is 110 Å². The Labute approximate surface area is 205 Å². The number of furan rings is 1. The van der Waals surface area contributed by atoms with Crippen molar-refractivity contribution in [1.29, 1.82) is 0 Å². The van der Waals surface area contributed by atoms with E-state index in [0.717, 1.165) is 0 Å². The van der Waals surface area contributed by atoms with E-state index in [1.807, 2.05) is 0 Å². The summed E-state index contributed by atoms with van der Waals surface area (Å²) in [4.78, 5) is 36.8. The molecule has 4 aromatic rings. The summed E-state index contributed by atoms with van der Waals surface area (Å²) in [5.41, 5.74) is 4.22. The maximum Gasteiger partial charge on any atom is 0.379 e. The van der Waals surface area contributed by atoms with Gasteiger partial charge in [-0.05, 0) is 72.8 Å². The number of esters is 1. The zero-order chi connectivity index (χ0) is 24.6. The van der Waals surface area contributed by atoms with E-state index in [1.54, 1.807) is 78.9 Å². The first-order valence-corrected chi connectivity index (χ1v) is 10.7. The van der Waals surface area contributed by atoms with Crippen molar-refractivity contribution >= 4 is 41.3 Å². The highest BCUT2D eigenvalue weighted by molar-refractivity contribution is 6.30. The van der Waals surface area contributed by atoms with Gasteiger partial charge in [0.25, 0.3) is 11.8 Å². The molecule has 0 spiro atoms. The molecule has 3 aromatic carbocycles. The number of rotatable bonds is 7. The minimum absolute atomic E-state index is 0.0675. The van der Waals surface area contributed by atoms with Crippen molar-refractivity contribution in [2.24, 2.45) is 5.10 Å². The Balaban J connectivity index is 1.35. The average Bonchev–Trinajstić information content (AvgIpc) is 3.41. The molecule has 0 radical (unpaired) electrons. The molecule has 35 heavy (non-hydrogen) atoms. The highest BCUT2D eigenvalue weighted by Crippen LogP contribution is 2.18. The molecule has 0 saturated heterocycles. The quantitative estimate of drug-likeness (QED) is 0.162. The van der Waals surface area contributed by atoms with Gasteiger partial charge in [-0.2, -0.15) is 5.10 Å². The zero-order valence-electron chi connectivity index (χ0n) is 18.1. The molecule has 0 unspecified atom stereocenters. The van der Waals surface area contributed by atoms with E-state index in [0.29, 0.717) is 27.4 Å². The minimum Gasteiger partial charge on any atom is -0.457 e. The molecule has 4 rings (SSSR count). The molecule has 0 aliphatic rings. The van der Waals surface area contributed by atoms with Crippen LogP contribution < -0.4 is 15.5 Å². The molecule has 0 bridgehead atoms. The first kappa shape index (κ1) is 23.5. The van der Waals surface area contributed by atoms with Crippen molar-refractivity contribution in [1.82, 2.24) is 5.43 Å². The fourth-order valence-electron chi connectivity index (χ4n) is 2.96. The summed E-state index contributed by atoms with van der Waals surface area (Å²) in [7, 11) is 0. The maximum absolute atomic E-state index is 12.4. The molecule has 8 nitrogen and oxygen atoms in total. The molecule has 0 fully saturated rings. The number of carbonyl (C=O) groups excluding carboxylic acids is 3. The molecule has 0 saturated carbocycles. The first-order valence-electron chi connectivity index (χ1n) is 10.3. The lowest BCUT2D eigenvalue weighted by Crippen LogP contribution is -2.18. The van der Waals surface area contributed by atoms with E-state index in [1.165, 1.54) is 18.5 Å². The summed E-state index contributed by atoms with van der Waals surface area (Å²) in [6.07, 6.45) is 2.74. The Morgan fingerprint density at radius 3 is 2.23 bits per heavy atom. The van der Waals surface area contributed by atoms with Gasteiger partial charge in [0, 0.05) is 27.4 Å². The summed E-state index contributed by atoms with van der Waals surface area (Å²) in [6.45, 7) is 0. The summed E-state index contributed by atoms with van der Waals surface area (Å²) < 4.78 is 10.4. The van der Waals surface area contributed by atoms with E-state index in [-0.39, 0.29) is 17.4 Å². The standard InChI is InChI=1S/C26H18ClN3O5/c27-20-11-7-17(8-12-20)24(31)29-21-13-9-18(10-14-21)25(32)30-28-16-19-4-1-2-5-22(19)35-26(33)23-6-3-15-34-23/h1-16H,(H,29,31)(H,30,32)/b28-16-. The Hall–Kier alpha value is -4.69. The third-order valence-electron chi connectivity index (χ3n) is 4.73. The lowest BCUT2D eigenvalue weighted by atomic mass is 10.1. The molecular formula is C26H18ClN3O5. The monoisotopic (exact) mass is 487 g/mol. The average molecular weight is 488 g/mol. The number of halogens is 1. The maximum atomic E-state index is 12.4. The molecule has 0 atom stereocenters. The number of ether oxygens (including phenoxy) is 1. The van der Waals surface area contributed by atoms with Crippen LogP contribution in [0.1, 0.15) is 36.8 Å². The Kier molecular flexibility index (Phi) is 7.34. The van der Waals surface area contributed by atoms with Crippen LogP contribution in [-0.4, -0.2) is 24.0 Å². The van der Waals surface area contributed by atoms with Crippen LogP contribution in [0.5, 0.6) is 5.75 Å². The van der Waals surface area contributed by atoms with Gasteiger partial charge >= 0.3 is 5.97 Å². The van der Waals surface area contributed by atoms with E-state index < -0.39 is 11.9 Å². The van der Waals surface area contributed by atoms with Crippen LogP contribution in [0.4, 0.5) is 5.69 Å². The summed E-state index contributed by atoms with van der Waals surface area (Å²) in [6, 6.07) is 22.6. The summed E-state index contributed by atoms with van der Waals surface area (Å²) >= 11 is 5.84. The largest absolute Gasteiger partial charge is 0.457 e. The number of amides is 2. The normalized spacial score (nSPS) is 10.7. The van der Waals surface area contributed by atoms with Crippen molar-refractivity contribution in [3.8, 4) is 5.75 Å². The van der Waals surface area contributed by atoms with Crippen LogP contribution in [-0.2, 0) is 0 Å². The Morgan fingerprint density at radius 1 is 0.829 bits per heavy atom. The lowest BCUT2D eigenvalue weighted by molar-refractivity contribution is 0.0700. The Morgan fingerprint density at radius 2 is 1.51 bits per heavy atom. The summed E-state index contributed by atoms with van der Waals surface area (Å²) in [5, 5.41) is 7.24. The summed E-state index contributed by atoms with van der Waals surface area (Å²) in [5.74, 6) is -1.08. The Bertz CT molecular complexity index is 1370. The van der Waals surface area contributed by atoms with Crippen molar-refractivity contribution in [3.63, 3.8) is 0 Å². The lowest BCUT2D eigenvalue weighted by Gasteiger charge is -2.07. The second-order valence-corrected chi connectivity index (χ2v) is 7.58. The third kappa shape index (κ3) is 6.21. The predicted molar refractivity (Wildman–Crippen MR) is 131 cm³/mol. The molecule has 2 N–H and O–H groups in total. The van der Waals surface area contributed by atoms with Crippen LogP contribution in [0.2, 0.25) is 5.02 Å². The van der Waals surface area contributed by atoms with Crippen LogP contribution in [0, 0.1) is 0 Å². The van der Waals surface area contributed by atoms with Gasteiger partial charge in [-0.25, -0.2) is 10.2 Å². The number of hydrogen-bond acceptors (Lipinski definition) is 6. The molecule has 1 aromatic heterocycles. The SMILES string of the molecule is O=C(N/N=C\c1ccccc1OC(=O)c1ccco1)c1ccc(NC(=O)c2ccc(Cl)cc2)cc1. The molecule has 2 amide bonds. The second-order valence-electron chi connectivity index (χ2n) is 7.14. The molecule has 0 aliphatic heterocycles. The van der Waals surface area contributed by atoms with Crippen LogP contribution in [0.15, 0.2) is 101 Å². The van der Waals surface area contributed by atoms with Gasteiger partial charge in [0.2, 0.25) is 5.76 Å². The van der Waals surface area contributed by atoms with E-state index in [4.69, 9.17) is 20.8 Å². The van der Waals surface area contributed by atoms with Crippen molar-refractivity contribution < 1.29 is 23.5 Å². The first-order chi connectivity index (χ1) is 17.0. The smallest absolute Gasteiger partial charge is 0.379 e. The number of anilines is 1. The highest BCUT2D eigenvalue weighted by Gasteiger charge is 2.13. The number of hydrogen-bond donors (Lipinski definition) is 2. The molecular weight excluding hydrogens is 470 g/mol. The number of nitrogens with zero attached hydrogens (tertiary/aromatic N) is 1. The highest BCUT2D eigenvalue weighted by atomic mass is 35.5.